The summed E-state index contributed by atoms with van der Waals surface area (Å²) in [5.74, 6) is -0.210. The summed E-state index contributed by atoms with van der Waals surface area (Å²) < 4.78 is 4.89. The molecule has 0 bridgehead atoms. The van der Waals surface area contributed by atoms with Crippen molar-refractivity contribution in [3.05, 3.63) is 24.2 Å². The number of carbonyl (C=O) groups is 2. The van der Waals surface area contributed by atoms with Crippen LogP contribution in [0.3, 0.4) is 0 Å². The van der Waals surface area contributed by atoms with Crippen molar-refractivity contribution in [2.75, 3.05) is 6.54 Å². The largest absolute Gasteiger partial charge is 0.472 e. The highest BCUT2D eigenvalue weighted by atomic mass is 16.3. The molecule has 0 radical (unpaired) electrons. The molecule has 1 aromatic rings. The van der Waals surface area contributed by atoms with E-state index in [9.17, 15) is 9.59 Å². The van der Waals surface area contributed by atoms with Gasteiger partial charge in [-0.2, -0.15) is 0 Å². The molecule has 0 spiro atoms. The molecule has 14 heavy (non-hydrogen) atoms. The Morgan fingerprint density at radius 1 is 1.50 bits per heavy atom. The van der Waals surface area contributed by atoms with Crippen LogP contribution in [0.4, 0.5) is 4.79 Å². The molecule has 0 atom stereocenters. The van der Waals surface area contributed by atoms with Gasteiger partial charge in [-0.1, -0.05) is 0 Å². The van der Waals surface area contributed by atoms with Gasteiger partial charge in [-0.25, -0.2) is 4.79 Å². The second kappa shape index (κ2) is 3.53. The van der Waals surface area contributed by atoms with E-state index in [1.807, 2.05) is 0 Å². The predicted molar refractivity (Wildman–Crippen MR) is 47.3 cm³/mol. The minimum Gasteiger partial charge on any atom is -0.472 e. The Bertz CT molecular complexity index is 345. The molecule has 0 aromatic carbocycles. The van der Waals surface area contributed by atoms with Crippen LogP contribution >= 0.6 is 0 Å². The van der Waals surface area contributed by atoms with Crippen LogP contribution in [0.2, 0.25) is 0 Å². The maximum Gasteiger partial charge on any atom is 0.324 e. The van der Waals surface area contributed by atoms with E-state index in [1.54, 1.807) is 23.5 Å². The summed E-state index contributed by atoms with van der Waals surface area (Å²) in [5, 5.41) is 2.26. The number of rotatable bonds is 2. The number of amides is 3. The number of furan rings is 1. The van der Waals surface area contributed by atoms with Gasteiger partial charge in [-0.15, -0.1) is 0 Å². The first-order valence-electron chi connectivity index (χ1n) is 4.35. The number of nitrogens with one attached hydrogen (secondary N) is 1. The molecule has 0 aliphatic carbocycles. The molecule has 0 saturated carbocycles. The molecule has 1 aliphatic rings. The smallest absolute Gasteiger partial charge is 0.324 e. The molecule has 1 fully saturated rings. The topological polar surface area (TPSA) is 62.6 Å². The number of carbonyl (C=O) groups excluding carboxylic acids is 2. The first kappa shape index (κ1) is 8.80. The number of urea groups is 1. The van der Waals surface area contributed by atoms with Crippen LogP contribution in [0.15, 0.2) is 23.0 Å². The van der Waals surface area contributed by atoms with Gasteiger partial charge in [0.05, 0.1) is 19.1 Å². The predicted octanol–water partition coefficient (Wildman–Crippen LogP) is 0.722. The number of hydrogen-bond donors (Lipinski definition) is 1. The first-order valence-corrected chi connectivity index (χ1v) is 4.35. The van der Waals surface area contributed by atoms with Crippen LogP contribution in [0.5, 0.6) is 0 Å². The average molecular weight is 194 g/mol. The van der Waals surface area contributed by atoms with Gasteiger partial charge >= 0.3 is 6.03 Å². The van der Waals surface area contributed by atoms with Crippen LogP contribution < -0.4 is 5.32 Å². The lowest BCUT2D eigenvalue weighted by molar-refractivity contribution is -0.121. The minimum absolute atomic E-state index is 0.210. The zero-order valence-electron chi connectivity index (χ0n) is 7.53. The average Bonchev–Trinajstić information content (AvgIpc) is 2.62. The monoisotopic (exact) mass is 194 g/mol. The third kappa shape index (κ3) is 1.76. The third-order valence-electron chi connectivity index (χ3n) is 2.10. The van der Waals surface area contributed by atoms with E-state index in [2.05, 4.69) is 5.32 Å². The maximum atomic E-state index is 11.3. The molecule has 1 N–H and O–H groups in total. The van der Waals surface area contributed by atoms with E-state index in [-0.39, 0.29) is 11.9 Å². The normalized spacial score (nSPS) is 17.0. The fraction of sp³-hybridized carbons (Fsp3) is 0.333. The standard InChI is InChI=1S/C9H10N2O3/c12-8-1-3-11(9(13)10-8)5-7-2-4-14-6-7/h2,4,6H,1,3,5H2,(H,10,12,13). The van der Waals surface area contributed by atoms with Gasteiger partial charge in [0.1, 0.15) is 0 Å². The molecule has 5 nitrogen and oxygen atoms in total. The number of nitrogens with zero attached hydrogens (tertiary/aromatic N) is 1. The highest BCUT2D eigenvalue weighted by Crippen LogP contribution is 2.08. The molecule has 0 unspecified atom stereocenters. The lowest BCUT2D eigenvalue weighted by Gasteiger charge is -2.25. The maximum absolute atomic E-state index is 11.3. The van der Waals surface area contributed by atoms with Crippen LogP contribution in [0.1, 0.15) is 12.0 Å². The number of imide groups is 1. The van der Waals surface area contributed by atoms with E-state index < -0.39 is 0 Å². The van der Waals surface area contributed by atoms with Crippen molar-refractivity contribution in [1.82, 2.24) is 10.2 Å². The van der Waals surface area contributed by atoms with E-state index in [4.69, 9.17) is 4.42 Å². The second-order valence-electron chi connectivity index (χ2n) is 3.16. The Kier molecular flexibility index (Phi) is 2.22. The summed E-state index contributed by atoms with van der Waals surface area (Å²) >= 11 is 0. The van der Waals surface area contributed by atoms with Crippen molar-refractivity contribution in [2.24, 2.45) is 0 Å². The fourth-order valence-electron chi connectivity index (χ4n) is 1.35. The summed E-state index contributed by atoms with van der Waals surface area (Å²) in [7, 11) is 0. The Labute approximate surface area is 80.7 Å². The summed E-state index contributed by atoms with van der Waals surface area (Å²) in [6.07, 6.45) is 3.51. The molecule has 1 saturated heterocycles. The zero-order chi connectivity index (χ0) is 9.97. The van der Waals surface area contributed by atoms with Gasteiger partial charge in [0, 0.05) is 18.5 Å². The highest BCUT2D eigenvalue weighted by molar-refractivity contribution is 5.96. The molecule has 2 heterocycles. The second-order valence-corrected chi connectivity index (χ2v) is 3.16. The van der Waals surface area contributed by atoms with Gasteiger partial charge in [0.25, 0.3) is 0 Å². The highest BCUT2D eigenvalue weighted by Gasteiger charge is 2.22. The summed E-state index contributed by atoms with van der Waals surface area (Å²) in [5.41, 5.74) is 0.925. The van der Waals surface area contributed by atoms with Gasteiger partial charge in [0.15, 0.2) is 0 Å². The van der Waals surface area contributed by atoms with Crippen molar-refractivity contribution < 1.29 is 14.0 Å². The van der Waals surface area contributed by atoms with Gasteiger partial charge in [-0.05, 0) is 6.07 Å². The zero-order valence-corrected chi connectivity index (χ0v) is 7.53. The Hall–Kier alpha value is -1.78. The Morgan fingerprint density at radius 3 is 3.00 bits per heavy atom. The van der Waals surface area contributed by atoms with Gasteiger partial charge in [-0.3, -0.25) is 10.1 Å². The quantitative estimate of drug-likeness (QED) is 0.754. The molecule has 2 rings (SSSR count). The lowest BCUT2D eigenvalue weighted by atomic mass is 10.2. The van der Waals surface area contributed by atoms with Crippen molar-refractivity contribution in [2.45, 2.75) is 13.0 Å². The van der Waals surface area contributed by atoms with Crippen molar-refractivity contribution in [3.63, 3.8) is 0 Å². The van der Waals surface area contributed by atoms with E-state index in [0.717, 1.165) is 5.56 Å². The van der Waals surface area contributed by atoms with Crippen molar-refractivity contribution >= 4 is 11.9 Å². The third-order valence-corrected chi connectivity index (χ3v) is 2.10. The molecule has 5 heteroatoms. The Balaban J connectivity index is 1.99. The molecular weight excluding hydrogens is 184 g/mol. The molecule has 3 amide bonds. The number of hydrogen-bond acceptors (Lipinski definition) is 3. The lowest BCUT2D eigenvalue weighted by Crippen LogP contribution is -2.48. The fourth-order valence-corrected chi connectivity index (χ4v) is 1.35. The summed E-state index contributed by atoms with van der Waals surface area (Å²) in [6, 6.07) is 1.46. The summed E-state index contributed by atoms with van der Waals surface area (Å²) in [6.45, 7) is 0.950. The minimum atomic E-state index is -0.331. The first-order chi connectivity index (χ1) is 6.75. The molecule has 74 valence electrons. The van der Waals surface area contributed by atoms with E-state index in [1.165, 1.54) is 0 Å². The van der Waals surface area contributed by atoms with Crippen molar-refractivity contribution in [3.8, 4) is 0 Å². The van der Waals surface area contributed by atoms with Gasteiger partial charge in [0.2, 0.25) is 5.91 Å². The van der Waals surface area contributed by atoms with Crippen LogP contribution in [0, 0.1) is 0 Å². The van der Waals surface area contributed by atoms with Gasteiger partial charge < -0.3 is 9.32 Å². The summed E-state index contributed by atoms with van der Waals surface area (Å²) in [4.78, 5) is 23.7. The van der Waals surface area contributed by atoms with Crippen LogP contribution in [-0.4, -0.2) is 23.4 Å². The van der Waals surface area contributed by atoms with Crippen molar-refractivity contribution in [1.29, 1.82) is 0 Å². The van der Waals surface area contributed by atoms with E-state index in [0.29, 0.717) is 19.5 Å². The van der Waals surface area contributed by atoms with E-state index >= 15 is 0 Å². The molecule has 1 aromatic heterocycles. The Morgan fingerprint density at radius 2 is 2.36 bits per heavy atom. The molecular formula is C9H10N2O3. The van der Waals surface area contributed by atoms with Crippen LogP contribution in [-0.2, 0) is 11.3 Å². The molecule has 1 aliphatic heterocycles. The SMILES string of the molecule is O=C1CCN(Cc2ccoc2)C(=O)N1. The van der Waals surface area contributed by atoms with Crippen LogP contribution in [0.25, 0.3) is 0 Å².